The molecule has 1 N–H and O–H groups in total. The Morgan fingerprint density at radius 1 is 1.47 bits per heavy atom. The van der Waals surface area contributed by atoms with Gasteiger partial charge in [-0.2, -0.15) is 13.2 Å². The first-order chi connectivity index (χ1) is 7.78. The number of alkyl halides is 3. The van der Waals surface area contributed by atoms with Crippen LogP contribution in [0.25, 0.3) is 0 Å². The Morgan fingerprint density at radius 2 is 2.12 bits per heavy atom. The lowest BCUT2D eigenvalue weighted by molar-refractivity contribution is -0.143. The number of carbonyl (C=O) groups is 1. The molecule has 1 saturated heterocycles. The first-order valence-electron chi connectivity index (χ1n) is 5.84. The highest BCUT2D eigenvalue weighted by Crippen LogP contribution is 2.22. The number of amides is 1. The van der Waals surface area contributed by atoms with Gasteiger partial charge in [-0.25, -0.2) is 0 Å². The largest absolute Gasteiger partial charge is 0.401 e. The van der Waals surface area contributed by atoms with Crippen molar-refractivity contribution in [2.24, 2.45) is 11.8 Å². The summed E-state index contributed by atoms with van der Waals surface area (Å²) < 4.78 is 36.4. The number of nitrogens with zero attached hydrogens (tertiary/aromatic N) is 1. The molecule has 1 heterocycles. The standard InChI is InChI=1S/C11H19F3N2O/c1-8(2)10(17)15-5-9-3-4-16(6-9)7-11(12,13)14/h8-9H,3-7H2,1-2H3,(H,15,17). The molecule has 0 aliphatic carbocycles. The van der Waals surface area contributed by atoms with Crippen LogP contribution in [0.4, 0.5) is 13.2 Å². The molecule has 1 fully saturated rings. The van der Waals surface area contributed by atoms with Crippen molar-refractivity contribution in [3.63, 3.8) is 0 Å². The minimum Gasteiger partial charge on any atom is -0.356 e. The van der Waals surface area contributed by atoms with Crippen LogP contribution in [-0.2, 0) is 4.79 Å². The number of hydrogen-bond donors (Lipinski definition) is 1. The van der Waals surface area contributed by atoms with Crippen LogP contribution in [0.1, 0.15) is 20.3 Å². The van der Waals surface area contributed by atoms with Crippen LogP contribution >= 0.6 is 0 Å². The van der Waals surface area contributed by atoms with Crippen LogP contribution in [0.3, 0.4) is 0 Å². The third-order valence-corrected chi connectivity index (χ3v) is 2.86. The van der Waals surface area contributed by atoms with Crippen LogP contribution in [0, 0.1) is 11.8 Å². The number of hydrogen-bond acceptors (Lipinski definition) is 2. The fourth-order valence-corrected chi connectivity index (χ4v) is 1.93. The molecule has 0 aromatic rings. The quantitative estimate of drug-likeness (QED) is 0.825. The zero-order valence-corrected chi connectivity index (χ0v) is 10.2. The lowest BCUT2D eigenvalue weighted by atomic mass is 10.1. The lowest BCUT2D eigenvalue weighted by Gasteiger charge is -2.18. The number of likely N-dealkylation sites (tertiary alicyclic amines) is 1. The summed E-state index contributed by atoms with van der Waals surface area (Å²) >= 11 is 0. The summed E-state index contributed by atoms with van der Waals surface area (Å²) in [6, 6.07) is 0. The average Bonchev–Trinajstić information content (AvgIpc) is 2.59. The van der Waals surface area contributed by atoms with Crippen molar-refractivity contribution < 1.29 is 18.0 Å². The van der Waals surface area contributed by atoms with Gasteiger partial charge in [-0.1, -0.05) is 13.8 Å². The Hall–Kier alpha value is -0.780. The lowest BCUT2D eigenvalue weighted by Crippen LogP contribution is -2.35. The second-order valence-corrected chi connectivity index (χ2v) is 4.90. The molecule has 1 atom stereocenters. The average molecular weight is 252 g/mol. The second-order valence-electron chi connectivity index (χ2n) is 4.90. The first kappa shape index (κ1) is 14.3. The molecule has 0 bridgehead atoms. The third kappa shape index (κ3) is 5.39. The van der Waals surface area contributed by atoms with E-state index in [-0.39, 0.29) is 17.7 Å². The Kier molecular flexibility index (Phi) is 4.80. The van der Waals surface area contributed by atoms with Gasteiger partial charge in [0, 0.05) is 19.0 Å². The monoisotopic (exact) mass is 252 g/mol. The Balaban J connectivity index is 2.24. The van der Waals surface area contributed by atoms with Gasteiger partial charge >= 0.3 is 6.18 Å². The molecule has 0 spiro atoms. The predicted molar refractivity (Wildman–Crippen MR) is 58.4 cm³/mol. The minimum atomic E-state index is -4.13. The van der Waals surface area contributed by atoms with Crippen molar-refractivity contribution in [1.29, 1.82) is 0 Å². The molecule has 3 nitrogen and oxygen atoms in total. The summed E-state index contributed by atoms with van der Waals surface area (Å²) in [5.74, 6) is 0.0157. The second kappa shape index (κ2) is 5.71. The van der Waals surface area contributed by atoms with E-state index in [9.17, 15) is 18.0 Å². The summed E-state index contributed by atoms with van der Waals surface area (Å²) in [6.07, 6.45) is -3.41. The van der Waals surface area contributed by atoms with Crippen LogP contribution in [-0.4, -0.2) is 43.2 Å². The van der Waals surface area contributed by atoms with Crippen molar-refractivity contribution in [3.8, 4) is 0 Å². The summed E-state index contributed by atoms with van der Waals surface area (Å²) in [6.45, 7) is 4.09. The zero-order chi connectivity index (χ0) is 13.1. The van der Waals surface area contributed by atoms with E-state index in [0.29, 0.717) is 26.1 Å². The fourth-order valence-electron chi connectivity index (χ4n) is 1.93. The van der Waals surface area contributed by atoms with E-state index in [4.69, 9.17) is 0 Å². The van der Waals surface area contributed by atoms with Gasteiger partial charge in [0.15, 0.2) is 0 Å². The van der Waals surface area contributed by atoms with E-state index < -0.39 is 12.7 Å². The van der Waals surface area contributed by atoms with Crippen LogP contribution in [0.5, 0.6) is 0 Å². The van der Waals surface area contributed by atoms with Crippen LogP contribution in [0.15, 0.2) is 0 Å². The van der Waals surface area contributed by atoms with Gasteiger partial charge in [0.1, 0.15) is 0 Å². The zero-order valence-electron chi connectivity index (χ0n) is 10.2. The Morgan fingerprint density at radius 3 is 2.65 bits per heavy atom. The number of carbonyl (C=O) groups excluding carboxylic acids is 1. The minimum absolute atomic E-state index is 0.0423. The van der Waals surface area contributed by atoms with E-state index in [2.05, 4.69) is 5.32 Å². The Bertz CT molecular complexity index is 266. The summed E-state index contributed by atoms with van der Waals surface area (Å²) in [5, 5.41) is 2.76. The first-order valence-corrected chi connectivity index (χ1v) is 5.84. The molecule has 100 valence electrons. The maximum Gasteiger partial charge on any atom is 0.401 e. The van der Waals surface area contributed by atoms with Crippen molar-refractivity contribution in [2.75, 3.05) is 26.2 Å². The van der Waals surface area contributed by atoms with Crippen LogP contribution in [0.2, 0.25) is 0 Å². The molecule has 1 rings (SSSR count). The molecule has 1 aliphatic rings. The van der Waals surface area contributed by atoms with Gasteiger partial charge in [0.25, 0.3) is 0 Å². The van der Waals surface area contributed by atoms with E-state index in [1.165, 1.54) is 4.90 Å². The number of nitrogens with one attached hydrogen (secondary N) is 1. The highest BCUT2D eigenvalue weighted by Gasteiger charge is 2.34. The summed E-state index contributed by atoms with van der Waals surface area (Å²) in [5.41, 5.74) is 0. The maximum absolute atomic E-state index is 12.1. The molecule has 0 saturated carbocycles. The summed E-state index contributed by atoms with van der Waals surface area (Å²) in [7, 11) is 0. The molecule has 0 aromatic carbocycles. The van der Waals surface area contributed by atoms with Gasteiger partial charge in [-0.15, -0.1) is 0 Å². The van der Waals surface area contributed by atoms with E-state index in [1.807, 2.05) is 0 Å². The van der Waals surface area contributed by atoms with Gasteiger partial charge in [-0.05, 0) is 18.9 Å². The van der Waals surface area contributed by atoms with Crippen molar-refractivity contribution in [2.45, 2.75) is 26.4 Å². The van der Waals surface area contributed by atoms with Crippen molar-refractivity contribution in [1.82, 2.24) is 10.2 Å². The molecular weight excluding hydrogens is 233 g/mol. The third-order valence-electron chi connectivity index (χ3n) is 2.86. The topological polar surface area (TPSA) is 32.3 Å². The molecule has 1 amide bonds. The number of halogens is 3. The van der Waals surface area contributed by atoms with Gasteiger partial charge < -0.3 is 5.32 Å². The van der Waals surface area contributed by atoms with E-state index in [0.717, 1.165) is 0 Å². The molecule has 1 unspecified atom stereocenters. The van der Waals surface area contributed by atoms with E-state index in [1.54, 1.807) is 13.8 Å². The molecule has 1 aliphatic heterocycles. The normalized spacial score (nSPS) is 22.1. The summed E-state index contributed by atoms with van der Waals surface area (Å²) in [4.78, 5) is 12.7. The van der Waals surface area contributed by atoms with Crippen LogP contribution < -0.4 is 5.32 Å². The highest BCUT2D eigenvalue weighted by molar-refractivity contribution is 5.77. The molecular formula is C11H19F3N2O. The smallest absolute Gasteiger partial charge is 0.356 e. The van der Waals surface area contributed by atoms with Gasteiger partial charge in [0.2, 0.25) is 5.91 Å². The molecule has 17 heavy (non-hydrogen) atoms. The SMILES string of the molecule is CC(C)C(=O)NCC1CCN(CC(F)(F)F)C1. The van der Waals surface area contributed by atoms with Crippen molar-refractivity contribution >= 4 is 5.91 Å². The Labute approximate surface area is 99.4 Å². The molecule has 0 radical (unpaired) electrons. The van der Waals surface area contributed by atoms with Crippen molar-refractivity contribution in [3.05, 3.63) is 0 Å². The van der Waals surface area contributed by atoms with Gasteiger partial charge in [0.05, 0.1) is 6.54 Å². The van der Waals surface area contributed by atoms with Gasteiger partial charge in [-0.3, -0.25) is 9.69 Å². The maximum atomic E-state index is 12.1. The van der Waals surface area contributed by atoms with E-state index >= 15 is 0 Å². The number of rotatable bonds is 4. The molecule has 0 aromatic heterocycles. The predicted octanol–water partition coefficient (Wildman–Crippen LogP) is 1.64. The molecule has 6 heteroatoms. The fraction of sp³-hybridized carbons (Fsp3) is 0.909. The highest BCUT2D eigenvalue weighted by atomic mass is 19.4.